The Hall–Kier alpha value is -2.63. The molecule has 3 rings (SSSR count). The van der Waals surface area contributed by atoms with Crippen molar-refractivity contribution in [2.75, 3.05) is 7.11 Å². The van der Waals surface area contributed by atoms with E-state index in [9.17, 15) is 4.79 Å². The predicted molar refractivity (Wildman–Crippen MR) is 89.2 cm³/mol. The zero-order chi connectivity index (χ0) is 16.8. The first-order valence-corrected chi connectivity index (χ1v) is 8.12. The average molecular weight is 327 g/mol. The first-order chi connectivity index (χ1) is 11.7. The summed E-state index contributed by atoms with van der Waals surface area (Å²) >= 11 is 0. The lowest BCUT2D eigenvalue weighted by molar-refractivity contribution is 0.0889. The molecule has 1 aliphatic carbocycles. The molecular weight excluding hydrogens is 306 g/mol. The van der Waals surface area contributed by atoms with Crippen LogP contribution in [0.3, 0.4) is 0 Å². The molecule has 1 aliphatic rings. The van der Waals surface area contributed by atoms with Gasteiger partial charge in [0.05, 0.1) is 13.3 Å². The molecule has 1 saturated carbocycles. The smallest absolute Gasteiger partial charge is 0.251 e. The Morgan fingerprint density at radius 3 is 2.75 bits per heavy atom. The van der Waals surface area contributed by atoms with Crippen molar-refractivity contribution < 1.29 is 14.3 Å². The van der Waals surface area contributed by atoms with Gasteiger partial charge in [0.1, 0.15) is 11.9 Å². The van der Waals surface area contributed by atoms with E-state index in [0.717, 1.165) is 25.7 Å². The molecule has 0 spiro atoms. The Morgan fingerprint density at radius 2 is 2.04 bits per heavy atom. The molecule has 0 saturated heterocycles. The summed E-state index contributed by atoms with van der Waals surface area (Å²) in [5, 5.41) is 3.09. The largest absolute Gasteiger partial charge is 0.497 e. The molecule has 0 aliphatic heterocycles. The summed E-state index contributed by atoms with van der Waals surface area (Å²) in [6.07, 6.45) is 8.55. The van der Waals surface area contributed by atoms with Crippen molar-refractivity contribution in [3.63, 3.8) is 0 Å². The van der Waals surface area contributed by atoms with E-state index in [1.54, 1.807) is 37.8 Å². The molecule has 0 unspecified atom stereocenters. The maximum absolute atomic E-state index is 12.3. The third kappa shape index (κ3) is 4.22. The molecule has 0 atom stereocenters. The van der Waals surface area contributed by atoms with E-state index in [-0.39, 0.29) is 18.1 Å². The van der Waals surface area contributed by atoms with Gasteiger partial charge in [-0.2, -0.15) is 0 Å². The number of nitrogens with one attached hydrogen (secondary N) is 1. The van der Waals surface area contributed by atoms with Crippen molar-refractivity contribution in [3.8, 4) is 11.6 Å². The molecule has 1 heterocycles. The van der Waals surface area contributed by atoms with E-state index < -0.39 is 0 Å². The van der Waals surface area contributed by atoms with Crippen LogP contribution in [0.15, 0.2) is 42.9 Å². The number of nitrogens with zero attached hydrogens (tertiary/aromatic N) is 2. The highest BCUT2D eigenvalue weighted by Crippen LogP contribution is 2.23. The van der Waals surface area contributed by atoms with Crippen molar-refractivity contribution in [3.05, 3.63) is 48.4 Å². The summed E-state index contributed by atoms with van der Waals surface area (Å²) < 4.78 is 11.0. The molecule has 1 fully saturated rings. The fourth-order valence-corrected chi connectivity index (χ4v) is 2.88. The lowest BCUT2D eigenvalue weighted by Crippen LogP contribution is -2.39. The summed E-state index contributed by atoms with van der Waals surface area (Å²) in [4.78, 5) is 20.5. The monoisotopic (exact) mass is 327 g/mol. The van der Waals surface area contributed by atoms with Crippen molar-refractivity contribution >= 4 is 5.91 Å². The number of ether oxygens (including phenoxy) is 2. The number of hydrogen-bond acceptors (Lipinski definition) is 5. The zero-order valence-electron chi connectivity index (χ0n) is 13.6. The van der Waals surface area contributed by atoms with Gasteiger partial charge in [-0.3, -0.25) is 9.78 Å². The number of benzene rings is 1. The van der Waals surface area contributed by atoms with Gasteiger partial charge in [0, 0.05) is 24.0 Å². The normalized spacial score (nSPS) is 20.2. The predicted octanol–water partition coefficient (Wildman–Crippen LogP) is 2.61. The van der Waals surface area contributed by atoms with Gasteiger partial charge in [0.15, 0.2) is 0 Å². The van der Waals surface area contributed by atoms with Crippen LogP contribution in [-0.2, 0) is 0 Å². The standard InChI is InChI=1S/C18H21N3O3/c1-23-16-4-2-3-13(11-16)18(22)21-14-5-7-15(8-6-14)24-17-12-19-9-10-20-17/h2-4,9-12,14-15H,5-8H2,1H3,(H,21,22). The van der Waals surface area contributed by atoms with E-state index in [0.29, 0.717) is 17.2 Å². The highest BCUT2D eigenvalue weighted by Gasteiger charge is 2.24. The fraction of sp³-hybridized carbons (Fsp3) is 0.389. The Morgan fingerprint density at radius 1 is 1.21 bits per heavy atom. The van der Waals surface area contributed by atoms with E-state index in [1.165, 1.54) is 0 Å². The molecule has 0 bridgehead atoms. The highest BCUT2D eigenvalue weighted by atomic mass is 16.5. The van der Waals surface area contributed by atoms with Gasteiger partial charge < -0.3 is 14.8 Å². The molecule has 24 heavy (non-hydrogen) atoms. The number of hydrogen-bond donors (Lipinski definition) is 1. The van der Waals surface area contributed by atoms with Crippen LogP contribution >= 0.6 is 0 Å². The SMILES string of the molecule is COc1cccc(C(=O)NC2CCC(Oc3cnccn3)CC2)c1. The second-order valence-corrected chi connectivity index (χ2v) is 5.84. The van der Waals surface area contributed by atoms with Crippen LogP contribution in [0, 0.1) is 0 Å². The summed E-state index contributed by atoms with van der Waals surface area (Å²) in [7, 11) is 1.59. The van der Waals surface area contributed by atoms with E-state index >= 15 is 0 Å². The maximum atomic E-state index is 12.3. The lowest BCUT2D eigenvalue weighted by Gasteiger charge is -2.29. The Bertz CT molecular complexity index is 670. The van der Waals surface area contributed by atoms with Crippen LogP contribution in [0.25, 0.3) is 0 Å². The third-order valence-corrected chi connectivity index (χ3v) is 4.17. The van der Waals surface area contributed by atoms with Crippen molar-refractivity contribution in [1.82, 2.24) is 15.3 Å². The first-order valence-electron chi connectivity index (χ1n) is 8.12. The van der Waals surface area contributed by atoms with E-state index in [2.05, 4.69) is 15.3 Å². The minimum Gasteiger partial charge on any atom is -0.497 e. The van der Waals surface area contributed by atoms with Crippen LogP contribution in [0.1, 0.15) is 36.0 Å². The van der Waals surface area contributed by atoms with Crippen LogP contribution in [0.2, 0.25) is 0 Å². The summed E-state index contributed by atoms with van der Waals surface area (Å²) in [6, 6.07) is 7.36. The Labute approximate surface area is 141 Å². The number of aromatic nitrogens is 2. The number of carbonyl (C=O) groups is 1. The number of rotatable bonds is 5. The molecule has 1 aromatic heterocycles. The van der Waals surface area contributed by atoms with Crippen molar-refractivity contribution in [2.45, 2.75) is 37.8 Å². The van der Waals surface area contributed by atoms with Crippen molar-refractivity contribution in [2.24, 2.45) is 0 Å². The minimum absolute atomic E-state index is 0.0628. The minimum atomic E-state index is -0.0628. The fourth-order valence-electron chi connectivity index (χ4n) is 2.88. The van der Waals surface area contributed by atoms with Crippen LogP contribution < -0.4 is 14.8 Å². The second-order valence-electron chi connectivity index (χ2n) is 5.84. The number of amides is 1. The summed E-state index contributed by atoms with van der Waals surface area (Å²) in [5.41, 5.74) is 0.618. The van der Waals surface area contributed by atoms with Gasteiger partial charge in [-0.1, -0.05) is 6.07 Å². The second kappa shape index (κ2) is 7.77. The van der Waals surface area contributed by atoms with Crippen LogP contribution in [-0.4, -0.2) is 35.1 Å². The maximum Gasteiger partial charge on any atom is 0.251 e. The van der Waals surface area contributed by atoms with Gasteiger partial charge in [-0.25, -0.2) is 4.98 Å². The molecule has 2 aromatic rings. The molecule has 1 N–H and O–H groups in total. The zero-order valence-corrected chi connectivity index (χ0v) is 13.6. The highest BCUT2D eigenvalue weighted by molar-refractivity contribution is 5.94. The van der Waals surface area contributed by atoms with Gasteiger partial charge in [-0.15, -0.1) is 0 Å². The van der Waals surface area contributed by atoms with Gasteiger partial charge in [-0.05, 0) is 43.9 Å². The average Bonchev–Trinajstić information content (AvgIpc) is 2.64. The van der Waals surface area contributed by atoms with E-state index in [4.69, 9.17) is 9.47 Å². The summed E-state index contributed by atoms with van der Waals surface area (Å²) in [6.45, 7) is 0. The molecule has 1 aromatic carbocycles. The molecule has 1 amide bonds. The number of carbonyl (C=O) groups excluding carboxylic acids is 1. The molecule has 6 nitrogen and oxygen atoms in total. The van der Waals surface area contributed by atoms with Crippen LogP contribution in [0.4, 0.5) is 0 Å². The molecular formula is C18H21N3O3. The van der Waals surface area contributed by atoms with Crippen LogP contribution in [0.5, 0.6) is 11.6 Å². The van der Waals surface area contributed by atoms with Gasteiger partial charge >= 0.3 is 0 Å². The summed E-state index contributed by atoms with van der Waals surface area (Å²) in [5.74, 6) is 1.18. The lowest BCUT2D eigenvalue weighted by atomic mass is 9.92. The molecule has 6 heteroatoms. The molecule has 126 valence electrons. The molecule has 0 radical (unpaired) electrons. The Balaban J connectivity index is 1.49. The topological polar surface area (TPSA) is 73.3 Å². The first kappa shape index (κ1) is 16.2. The van der Waals surface area contributed by atoms with Gasteiger partial charge in [0.25, 0.3) is 5.91 Å². The third-order valence-electron chi connectivity index (χ3n) is 4.17. The quantitative estimate of drug-likeness (QED) is 0.914. The Kier molecular flexibility index (Phi) is 5.25. The van der Waals surface area contributed by atoms with Crippen molar-refractivity contribution in [1.29, 1.82) is 0 Å². The van der Waals surface area contributed by atoms with Gasteiger partial charge in [0.2, 0.25) is 5.88 Å². The number of methoxy groups -OCH3 is 1. The van der Waals surface area contributed by atoms with E-state index in [1.807, 2.05) is 12.1 Å².